The molecule has 8 nitrogen and oxygen atoms in total. The number of nitrogens with zero attached hydrogens (tertiary/aromatic N) is 1. The van der Waals surface area contributed by atoms with Gasteiger partial charge in [0.25, 0.3) is 11.8 Å². The SMILES string of the molecule is CC(CC(=O)ON1C(=O)c2ccccc2C1=O)NC(N)=O. The van der Waals surface area contributed by atoms with Crippen molar-refractivity contribution < 1.29 is 24.0 Å². The fraction of sp³-hybridized carbons (Fsp3) is 0.231. The van der Waals surface area contributed by atoms with Gasteiger partial charge >= 0.3 is 12.0 Å². The summed E-state index contributed by atoms with van der Waals surface area (Å²) in [5.74, 6) is -2.22. The van der Waals surface area contributed by atoms with Crippen molar-refractivity contribution in [1.29, 1.82) is 0 Å². The monoisotopic (exact) mass is 291 g/mol. The summed E-state index contributed by atoms with van der Waals surface area (Å²) in [5.41, 5.74) is 5.27. The van der Waals surface area contributed by atoms with Crippen LogP contribution < -0.4 is 11.1 Å². The topological polar surface area (TPSA) is 119 Å². The molecule has 1 aromatic rings. The van der Waals surface area contributed by atoms with E-state index in [0.717, 1.165) is 0 Å². The lowest BCUT2D eigenvalue weighted by atomic mass is 10.1. The van der Waals surface area contributed by atoms with Crippen molar-refractivity contribution in [2.24, 2.45) is 5.73 Å². The summed E-state index contributed by atoms with van der Waals surface area (Å²) in [6, 6.07) is 4.80. The van der Waals surface area contributed by atoms with Crippen molar-refractivity contribution in [3.8, 4) is 0 Å². The number of nitrogens with one attached hydrogen (secondary N) is 1. The minimum absolute atomic E-state index is 0.179. The molecule has 1 unspecified atom stereocenters. The van der Waals surface area contributed by atoms with E-state index in [1.165, 1.54) is 19.1 Å². The molecule has 4 amide bonds. The fourth-order valence-electron chi connectivity index (χ4n) is 1.93. The molecule has 0 fully saturated rings. The maximum absolute atomic E-state index is 11.9. The highest BCUT2D eigenvalue weighted by Crippen LogP contribution is 2.22. The second kappa shape index (κ2) is 5.61. The Kier molecular flexibility index (Phi) is 3.88. The number of urea groups is 1. The Morgan fingerprint density at radius 3 is 2.24 bits per heavy atom. The summed E-state index contributed by atoms with van der Waals surface area (Å²) in [7, 11) is 0. The van der Waals surface area contributed by atoms with Crippen LogP contribution in [0.15, 0.2) is 24.3 Å². The zero-order chi connectivity index (χ0) is 15.6. The van der Waals surface area contributed by atoms with Gasteiger partial charge in [-0.25, -0.2) is 9.59 Å². The molecule has 1 aromatic carbocycles. The maximum atomic E-state index is 11.9. The van der Waals surface area contributed by atoms with E-state index >= 15 is 0 Å². The molecule has 0 spiro atoms. The Bertz CT molecular complexity index is 593. The van der Waals surface area contributed by atoms with Crippen LogP contribution in [-0.4, -0.2) is 34.9 Å². The first-order valence-electron chi connectivity index (χ1n) is 6.14. The molecule has 1 atom stereocenters. The third kappa shape index (κ3) is 2.99. The summed E-state index contributed by atoms with van der Waals surface area (Å²) in [4.78, 5) is 51.0. The predicted octanol–water partition coefficient (Wildman–Crippen LogP) is 0.188. The van der Waals surface area contributed by atoms with Gasteiger partial charge in [-0.2, -0.15) is 0 Å². The quantitative estimate of drug-likeness (QED) is 0.767. The van der Waals surface area contributed by atoms with Crippen molar-refractivity contribution in [3.63, 3.8) is 0 Å². The predicted molar refractivity (Wildman–Crippen MR) is 69.8 cm³/mol. The lowest BCUT2D eigenvalue weighted by molar-refractivity contribution is -0.168. The molecule has 0 bridgehead atoms. The molecule has 21 heavy (non-hydrogen) atoms. The van der Waals surface area contributed by atoms with Gasteiger partial charge in [-0.15, -0.1) is 0 Å². The minimum atomic E-state index is -0.828. The number of imide groups is 1. The fourth-order valence-corrected chi connectivity index (χ4v) is 1.93. The Balaban J connectivity index is 2.02. The van der Waals surface area contributed by atoms with E-state index < -0.39 is 29.9 Å². The van der Waals surface area contributed by atoms with E-state index in [1.807, 2.05) is 0 Å². The van der Waals surface area contributed by atoms with Gasteiger partial charge in [0.15, 0.2) is 0 Å². The number of primary amides is 1. The van der Waals surface area contributed by atoms with E-state index in [-0.39, 0.29) is 17.5 Å². The van der Waals surface area contributed by atoms with Gasteiger partial charge in [-0.1, -0.05) is 17.2 Å². The van der Waals surface area contributed by atoms with E-state index in [2.05, 4.69) is 5.32 Å². The lowest BCUT2D eigenvalue weighted by Crippen LogP contribution is -2.40. The highest BCUT2D eigenvalue weighted by atomic mass is 16.7. The molecule has 3 N–H and O–H groups in total. The van der Waals surface area contributed by atoms with Crippen LogP contribution in [0.5, 0.6) is 0 Å². The molecule has 110 valence electrons. The van der Waals surface area contributed by atoms with E-state index in [4.69, 9.17) is 10.6 Å². The largest absolute Gasteiger partial charge is 0.352 e. The van der Waals surface area contributed by atoms with Crippen LogP contribution >= 0.6 is 0 Å². The first-order valence-corrected chi connectivity index (χ1v) is 6.14. The van der Waals surface area contributed by atoms with Crippen LogP contribution in [0.4, 0.5) is 4.79 Å². The highest BCUT2D eigenvalue weighted by Gasteiger charge is 2.38. The van der Waals surface area contributed by atoms with Crippen LogP contribution in [0.3, 0.4) is 0 Å². The van der Waals surface area contributed by atoms with Crippen LogP contribution in [0.1, 0.15) is 34.1 Å². The summed E-state index contributed by atoms with van der Waals surface area (Å²) in [5, 5.41) is 2.71. The van der Waals surface area contributed by atoms with Crippen LogP contribution in [0, 0.1) is 0 Å². The molecule has 1 aliphatic heterocycles. The number of carbonyl (C=O) groups excluding carboxylic acids is 4. The first kappa shape index (κ1) is 14.5. The molecule has 0 saturated carbocycles. The molecule has 0 radical (unpaired) electrons. The van der Waals surface area contributed by atoms with Crippen LogP contribution in [0.2, 0.25) is 0 Å². The van der Waals surface area contributed by atoms with Crippen molar-refractivity contribution in [3.05, 3.63) is 35.4 Å². The average Bonchev–Trinajstić information content (AvgIpc) is 2.63. The van der Waals surface area contributed by atoms with E-state index in [1.54, 1.807) is 12.1 Å². The summed E-state index contributed by atoms with van der Waals surface area (Å²) in [6.45, 7) is 1.54. The smallest absolute Gasteiger partial charge is 0.335 e. The normalized spacial score (nSPS) is 14.6. The van der Waals surface area contributed by atoms with Crippen molar-refractivity contribution in [2.45, 2.75) is 19.4 Å². The molecule has 0 saturated heterocycles. The summed E-state index contributed by atoms with van der Waals surface area (Å²) >= 11 is 0. The van der Waals surface area contributed by atoms with Crippen molar-refractivity contribution in [1.82, 2.24) is 10.4 Å². The zero-order valence-electron chi connectivity index (χ0n) is 11.2. The van der Waals surface area contributed by atoms with Crippen LogP contribution in [0.25, 0.3) is 0 Å². The number of amides is 4. The Hall–Kier alpha value is -2.90. The third-order valence-electron chi connectivity index (χ3n) is 2.81. The molecule has 8 heteroatoms. The summed E-state index contributed by atoms with van der Waals surface area (Å²) < 4.78 is 0. The van der Waals surface area contributed by atoms with Gasteiger partial charge in [0, 0.05) is 6.04 Å². The molecular weight excluding hydrogens is 278 g/mol. The molecule has 1 heterocycles. The Morgan fingerprint density at radius 2 is 1.76 bits per heavy atom. The standard InChI is InChI=1S/C13H13N3O5/c1-7(15-13(14)20)6-10(17)21-16-11(18)8-4-2-3-5-9(8)12(16)19/h2-5,7H,6H2,1H3,(H3,14,15,20). The maximum Gasteiger partial charge on any atom is 0.335 e. The van der Waals surface area contributed by atoms with Gasteiger partial charge in [-0.3, -0.25) is 9.59 Å². The average molecular weight is 291 g/mol. The number of fused-ring (bicyclic) bond motifs is 1. The third-order valence-corrected chi connectivity index (χ3v) is 2.81. The molecular formula is C13H13N3O5. The molecule has 0 aromatic heterocycles. The highest BCUT2D eigenvalue weighted by molar-refractivity contribution is 6.20. The minimum Gasteiger partial charge on any atom is -0.352 e. The number of rotatable bonds is 4. The van der Waals surface area contributed by atoms with Crippen molar-refractivity contribution in [2.75, 3.05) is 0 Å². The van der Waals surface area contributed by atoms with Gasteiger partial charge < -0.3 is 15.9 Å². The number of hydrogen-bond acceptors (Lipinski definition) is 5. The van der Waals surface area contributed by atoms with Gasteiger partial charge in [0.05, 0.1) is 17.5 Å². The Labute approximate surface area is 119 Å². The second-order valence-corrected chi connectivity index (χ2v) is 4.53. The van der Waals surface area contributed by atoms with Gasteiger partial charge in [0.2, 0.25) is 0 Å². The molecule has 2 rings (SSSR count). The van der Waals surface area contributed by atoms with Crippen molar-refractivity contribution >= 4 is 23.8 Å². The van der Waals surface area contributed by atoms with E-state index in [0.29, 0.717) is 5.06 Å². The number of nitrogens with two attached hydrogens (primary N) is 1. The molecule has 0 aliphatic carbocycles. The van der Waals surface area contributed by atoms with Gasteiger partial charge in [-0.05, 0) is 19.1 Å². The number of hydroxylamine groups is 2. The Morgan fingerprint density at radius 1 is 1.24 bits per heavy atom. The molecule has 1 aliphatic rings. The number of carbonyl (C=O) groups is 4. The van der Waals surface area contributed by atoms with E-state index in [9.17, 15) is 19.2 Å². The number of hydrogen-bond donors (Lipinski definition) is 2. The second-order valence-electron chi connectivity index (χ2n) is 4.53. The zero-order valence-corrected chi connectivity index (χ0v) is 11.2. The summed E-state index contributed by atoms with van der Waals surface area (Å²) in [6.07, 6.45) is -0.226. The van der Waals surface area contributed by atoms with Gasteiger partial charge in [0.1, 0.15) is 0 Å². The lowest BCUT2D eigenvalue weighted by Gasteiger charge is -2.15. The van der Waals surface area contributed by atoms with Crippen LogP contribution in [-0.2, 0) is 9.63 Å². The number of benzene rings is 1. The first-order chi connectivity index (χ1) is 9.90.